The summed E-state index contributed by atoms with van der Waals surface area (Å²) < 4.78 is 6.80. The Balaban J connectivity index is 2.00. The van der Waals surface area contributed by atoms with Crippen LogP contribution in [0.25, 0.3) is 0 Å². The molecular formula is C15H21BrN4O. The lowest BCUT2D eigenvalue weighted by Crippen LogP contribution is -2.19. The van der Waals surface area contributed by atoms with Crippen LogP contribution in [0.5, 0.6) is 0 Å². The van der Waals surface area contributed by atoms with E-state index in [1.165, 1.54) is 5.56 Å². The summed E-state index contributed by atoms with van der Waals surface area (Å²) in [4.78, 5) is 1.95. The maximum atomic E-state index is 5.74. The summed E-state index contributed by atoms with van der Waals surface area (Å²) in [5.41, 5.74) is 1.18. The monoisotopic (exact) mass is 352 g/mol. The molecule has 114 valence electrons. The van der Waals surface area contributed by atoms with Crippen molar-refractivity contribution in [2.24, 2.45) is 0 Å². The van der Waals surface area contributed by atoms with Crippen LogP contribution >= 0.6 is 15.9 Å². The van der Waals surface area contributed by atoms with E-state index < -0.39 is 0 Å². The van der Waals surface area contributed by atoms with Crippen LogP contribution in [0, 0.1) is 0 Å². The van der Waals surface area contributed by atoms with E-state index in [9.17, 15) is 0 Å². The van der Waals surface area contributed by atoms with Crippen molar-refractivity contribution < 1.29 is 4.42 Å². The lowest BCUT2D eigenvalue weighted by atomic mass is 10.2. The number of halogens is 1. The molecule has 0 radical (unpaired) electrons. The smallest absolute Gasteiger partial charge is 0.318 e. The number of benzene rings is 1. The van der Waals surface area contributed by atoms with Gasteiger partial charge in [0.2, 0.25) is 5.89 Å². The second-order valence-corrected chi connectivity index (χ2v) is 6.00. The van der Waals surface area contributed by atoms with E-state index in [0.717, 1.165) is 24.0 Å². The Morgan fingerprint density at radius 3 is 2.90 bits per heavy atom. The van der Waals surface area contributed by atoms with Crippen LogP contribution in [0.2, 0.25) is 0 Å². The maximum absolute atomic E-state index is 5.74. The summed E-state index contributed by atoms with van der Waals surface area (Å²) in [5.74, 6) is 0.625. The highest BCUT2D eigenvalue weighted by atomic mass is 79.9. The molecule has 1 aromatic heterocycles. The van der Waals surface area contributed by atoms with Crippen molar-refractivity contribution in [1.82, 2.24) is 15.5 Å². The molecule has 0 amide bonds. The van der Waals surface area contributed by atoms with Crippen molar-refractivity contribution in [3.63, 3.8) is 0 Å². The molecule has 5 nitrogen and oxygen atoms in total. The molecule has 0 aliphatic rings. The van der Waals surface area contributed by atoms with Crippen LogP contribution in [0.1, 0.15) is 37.8 Å². The van der Waals surface area contributed by atoms with E-state index in [1.54, 1.807) is 0 Å². The molecule has 1 unspecified atom stereocenters. The van der Waals surface area contributed by atoms with Crippen molar-refractivity contribution in [3.8, 4) is 0 Å². The topological polar surface area (TPSA) is 54.2 Å². The van der Waals surface area contributed by atoms with E-state index >= 15 is 0 Å². The van der Waals surface area contributed by atoms with Crippen LogP contribution in [0.4, 0.5) is 6.01 Å². The molecule has 0 bridgehead atoms. The second-order valence-electron chi connectivity index (χ2n) is 5.08. The van der Waals surface area contributed by atoms with E-state index in [-0.39, 0.29) is 6.04 Å². The third-order valence-corrected chi connectivity index (χ3v) is 3.63. The summed E-state index contributed by atoms with van der Waals surface area (Å²) in [5, 5.41) is 11.6. The van der Waals surface area contributed by atoms with E-state index in [0.29, 0.717) is 11.9 Å². The normalized spacial score (nSPS) is 12.4. The predicted octanol–water partition coefficient (Wildman–Crippen LogP) is 3.53. The van der Waals surface area contributed by atoms with Gasteiger partial charge >= 0.3 is 6.01 Å². The van der Waals surface area contributed by atoms with Gasteiger partial charge in [0, 0.05) is 18.1 Å². The standard InChI is InChI=1S/C15H21BrN4O/c1-4-8-17-11(2)14-18-19-15(21-14)20(3)10-12-6-5-7-13(16)9-12/h5-7,9,11,17H,4,8,10H2,1-3H3. The minimum Gasteiger partial charge on any atom is -0.406 e. The molecule has 0 saturated heterocycles. The Morgan fingerprint density at radius 2 is 2.19 bits per heavy atom. The molecule has 6 heteroatoms. The first kappa shape index (κ1) is 16.0. The van der Waals surface area contributed by atoms with Crippen LogP contribution in [-0.4, -0.2) is 23.8 Å². The van der Waals surface area contributed by atoms with Gasteiger partial charge in [-0.05, 0) is 37.6 Å². The van der Waals surface area contributed by atoms with Gasteiger partial charge < -0.3 is 14.6 Å². The summed E-state index contributed by atoms with van der Waals surface area (Å²) in [7, 11) is 1.95. The number of aromatic nitrogens is 2. The predicted molar refractivity (Wildman–Crippen MR) is 87.3 cm³/mol. The number of anilines is 1. The average Bonchev–Trinajstić information content (AvgIpc) is 2.94. The minimum absolute atomic E-state index is 0.0745. The van der Waals surface area contributed by atoms with Gasteiger partial charge in [-0.1, -0.05) is 40.1 Å². The molecule has 1 heterocycles. The summed E-state index contributed by atoms with van der Waals surface area (Å²) in [6.07, 6.45) is 1.08. The highest BCUT2D eigenvalue weighted by molar-refractivity contribution is 9.10. The number of hydrogen-bond acceptors (Lipinski definition) is 5. The number of nitrogens with zero attached hydrogens (tertiary/aromatic N) is 3. The first-order valence-electron chi connectivity index (χ1n) is 7.12. The number of rotatable bonds is 7. The van der Waals surface area contributed by atoms with Crippen molar-refractivity contribution >= 4 is 21.9 Å². The molecule has 0 spiro atoms. The largest absolute Gasteiger partial charge is 0.406 e. The fourth-order valence-corrected chi connectivity index (χ4v) is 2.43. The zero-order valence-corrected chi connectivity index (χ0v) is 14.2. The van der Waals surface area contributed by atoms with Crippen molar-refractivity contribution in [1.29, 1.82) is 0 Å². The van der Waals surface area contributed by atoms with Gasteiger partial charge in [0.05, 0.1) is 6.04 Å². The summed E-state index contributed by atoms with van der Waals surface area (Å²) >= 11 is 3.48. The highest BCUT2D eigenvalue weighted by Gasteiger charge is 2.15. The second kappa shape index (κ2) is 7.56. The first-order chi connectivity index (χ1) is 10.1. The SMILES string of the molecule is CCCNC(C)c1nnc(N(C)Cc2cccc(Br)c2)o1. The Morgan fingerprint density at radius 1 is 1.38 bits per heavy atom. The van der Waals surface area contributed by atoms with Crippen molar-refractivity contribution in [3.05, 3.63) is 40.2 Å². The summed E-state index contributed by atoms with van der Waals surface area (Å²) in [6.45, 7) is 5.82. The fraction of sp³-hybridized carbons (Fsp3) is 0.467. The Hall–Kier alpha value is -1.40. The van der Waals surface area contributed by atoms with Crippen molar-refractivity contribution in [2.45, 2.75) is 32.9 Å². The molecule has 0 saturated carbocycles. The van der Waals surface area contributed by atoms with Crippen LogP contribution < -0.4 is 10.2 Å². The average molecular weight is 353 g/mol. The minimum atomic E-state index is 0.0745. The molecule has 21 heavy (non-hydrogen) atoms. The highest BCUT2D eigenvalue weighted by Crippen LogP contribution is 2.19. The van der Waals surface area contributed by atoms with Crippen molar-refractivity contribution in [2.75, 3.05) is 18.5 Å². The Labute approximate surface area is 133 Å². The Bertz CT molecular complexity index is 572. The van der Waals surface area contributed by atoms with Gasteiger partial charge in [0.25, 0.3) is 0 Å². The van der Waals surface area contributed by atoms with E-state index in [2.05, 4.69) is 50.5 Å². The van der Waals surface area contributed by atoms with Gasteiger partial charge in [-0.15, -0.1) is 5.10 Å². The summed E-state index contributed by atoms with van der Waals surface area (Å²) in [6, 6.07) is 8.79. The van der Waals surface area contributed by atoms with Gasteiger partial charge in [0.1, 0.15) is 0 Å². The van der Waals surface area contributed by atoms with Crippen LogP contribution in [0.15, 0.2) is 33.2 Å². The Kier molecular flexibility index (Phi) is 5.76. The molecule has 2 aromatic rings. The first-order valence-corrected chi connectivity index (χ1v) is 7.91. The molecule has 0 aliphatic heterocycles. The fourth-order valence-electron chi connectivity index (χ4n) is 1.98. The van der Waals surface area contributed by atoms with E-state index in [4.69, 9.17) is 4.42 Å². The third-order valence-electron chi connectivity index (χ3n) is 3.14. The third kappa shape index (κ3) is 4.54. The van der Waals surface area contributed by atoms with Gasteiger partial charge in [-0.3, -0.25) is 0 Å². The number of hydrogen-bond donors (Lipinski definition) is 1. The van der Waals surface area contributed by atoms with E-state index in [1.807, 2.05) is 31.0 Å². The molecule has 1 aromatic carbocycles. The molecular weight excluding hydrogens is 332 g/mol. The zero-order valence-electron chi connectivity index (χ0n) is 12.6. The molecule has 1 N–H and O–H groups in total. The number of nitrogens with one attached hydrogen (secondary N) is 1. The molecule has 0 aliphatic carbocycles. The quantitative estimate of drug-likeness (QED) is 0.825. The molecule has 0 fully saturated rings. The molecule has 2 rings (SSSR count). The maximum Gasteiger partial charge on any atom is 0.318 e. The lowest BCUT2D eigenvalue weighted by Gasteiger charge is -2.14. The lowest BCUT2D eigenvalue weighted by molar-refractivity contribution is 0.416. The van der Waals surface area contributed by atoms with Crippen LogP contribution in [0.3, 0.4) is 0 Å². The van der Waals surface area contributed by atoms with Gasteiger partial charge in [0.15, 0.2) is 0 Å². The zero-order chi connectivity index (χ0) is 15.2. The van der Waals surface area contributed by atoms with Gasteiger partial charge in [-0.25, -0.2) is 0 Å². The molecule has 1 atom stereocenters. The van der Waals surface area contributed by atoms with Gasteiger partial charge in [-0.2, -0.15) is 0 Å². The van der Waals surface area contributed by atoms with Crippen LogP contribution in [-0.2, 0) is 6.54 Å².